The molecule has 2 nitrogen and oxygen atoms in total. The third-order valence-electron chi connectivity index (χ3n) is 0.751. The Morgan fingerprint density at radius 2 is 2.43 bits per heavy atom. The Bertz CT molecular complexity index is 37.1. The minimum Gasteiger partial charge on any atom is -0.390 e. The molecule has 0 aliphatic rings. The summed E-state index contributed by atoms with van der Waals surface area (Å²) < 4.78 is 0. The largest absolute Gasteiger partial charge is 0.390 e. The van der Waals surface area contributed by atoms with Crippen molar-refractivity contribution in [2.75, 3.05) is 0 Å². The highest BCUT2D eigenvalue weighted by atomic mass is 16.2. The van der Waals surface area contributed by atoms with Crippen LogP contribution in [0.4, 0.5) is 0 Å². The van der Waals surface area contributed by atoms with Crippen LogP contribution in [0.5, 0.6) is 0 Å². The third-order valence-corrected chi connectivity index (χ3v) is 0.751. The first-order valence-corrected chi connectivity index (χ1v) is 2.49. The van der Waals surface area contributed by atoms with E-state index in [1.807, 2.05) is 6.92 Å². The van der Waals surface area contributed by atoms with Crippen LogP contribution in [0, 0.1) is 6.61 Å². The van der Waals surface area contributed by atoms with Crippen molar-refractivity contribution in [3.05, 3.63) is 6.61 Å². The van der Waals surface area contributed by atoms with Gasteiger partial charge < -0.3 is 10.8 Å². The molecule has 0 heterocycles. The Hall–Kier alpha value is -0.0800. The van der Waals surface area contributed by atoms with Crippen molar-refractivity contribution in [1.82, 2.24) is 0 Å². The number of aliphatic hydroxyl groups is 1. The topological polar surface area (TPSA) is 46.2 Å². The summed E-state index contributed by atoms with van der Waals surface area (Å²) in [6, 6.07) is 0.211. The maximum absolute atomic E-state index is 8.13. The van der Waals surface area contributed by atoms with Crippen LogP contribution in [0.25, 0.3) is 0 Å². The highest BCUT2D eigenvalue weighted by molar-refractivity contribution is 4.55. The van der Waals surface area contributed by atoms with Crippen molar-refractivity contribution in [1.29, 1.82) is 0 Å². The van der Waals surface area contributed by atoms with Crippen LogP contribution < -0.4 is 5.73 Å². The summed E-state index contributed by atoms with van der Waals surface area (Å²) in [5.74, 6) is 0. The van der Waals surface area contributed by atoms with Crippen molar-refractivity contribution >= 4 is 0 Å². The molecule has 43 valence electrons. The lowest BCUT2D eigenvalue weighted by molar-refractivity contribution is 0.365. The third kappa shape index (κ3) is 5.92. The van der Waals surface area contributed by atoms with E-state index in [9.17, 15) is 0 Å². The molecule has 0 aromatic rings. The summed E-state index contributed by atoms with van der Waals surface area (Å²) in [4.78, 5) is 0. The summed E-state index contributed by atoms with van der Waals surface area (Å²) >= 11 is 0. The molecule has 0 saturated heterocycles. The number of aliphatic hydroxyl groups excluding tert-OH is 1. The molecule has 3 N–H and O–H groups in total. The normalized spacial score (nSPS) is 14.1. The van der Waals surface area contributed by atoms with E-state index in [0.717, 1.165) is 13.0 Å². The predicted octanol–water partition coefficient (Wildman–Crippen LogP) is 0.648. The van der Waals surface area contributed by atoms with Crippen molar-refractivity contribution in [2.24, 2.45) is 5.73 Å². The quantitative estimate of drug-likeness (QED) is 0.549. The zero-order valence-electron chi connectivity index (χ0n) is 4.59. The maximum Gasteiger partial charge on any atom is 0.0799 e. The minimum absolute atomic E-state index is 0.211. The Balaban J connectivity index is 2.68. The van der Waals surface area contributed by atoms with Gasteiger partial charge in [-0.3, -0.25) is 0 Å². The summed E-state index contributed by atoms with van der Waals surface area (Å²) in [7, 11) is 0. The highest BCUT2D eigenvalue weighted by Gasteiger charge is 1.89. The van der Waals surface area contributed by atoms with Crippen LogP contribution in [-0.2, 0) is 0 Å². The number of rotatable bonds is 3. The minimum atomic E-state index is 0.211. The first kappa shape index (κ1) is 6.92. The van der Waals surface area contributed by atoms with Gasteiger partial charge in [-0.05, 0) is 19.8 Å². The number of nitrogens with two attached hydrogens (primary N) is 1. The molecule has 0 bridgehead atoms. The predicted molar refractivity (Wildman–Crippen MR) is 29.1 cm³/mol. The molecule has 7 heavy (non-hydrogen) atoms. The van der Waals surface area contributed by atoms with Gasteiger partial charge in [-0.1, -0.05) is 0 Å². The lowest BCUT2D eigenvalue weighted by atomic mass is 10.2. The Labute approximate surface area is 44.3 Å². The summed E-state index contributed by atoms with van der Waals surface area (Å²) in [6.07, 6.45) is 1.58. The zero-order valence-corrected chi connectivity index (χ0v) is 4.59. The standard InChI is InChI=1S/C5H12NO/c1-5(6)3-2-4-7/h4-5,7H,2-3,6H2,1H3. The van der Waals surface area contributed by atoms with Crippen molar-refractivity contribution < 1.29 is 5.11 Å². The summed E-state index contributed by atoms with van der Waals surface area (Å²) in [5.41, 5.74) is 5.35. The highest BCUT2D eigenvalue weighted by Crippen LogP contribution is 1.92. The zero-order chi connectivity index (χ0) is 5.70. The number of hydrogen-bond donors (Lipinski definition) is 2. The van der Waals surface area contributed by atoms with Gasteiger partial charge in [0, 0.05) is 6.04 Å². The van der Waals surface area contributed by atoms with Gasteiger partial charge in [0.15, 0.2) is 0 Å². The van der Waals surface area contributed by atoms with Crippen LogP contribution in [0.2, 0.25) is 0 Å². The van der Waals surface area contributed by atoms with E-state index in [-0.39, 0.29) is 6.04 Å². The molecular formula is C5H12NO. The molecule has 2 heteroatoms. The van der Waals surface area contributed by atoms with E-state index in [1.54, 1.807) is 0 Å². The Kier molecular flexibility index (Phi) is 4.04. The molecule has 0 aromatic carbocycles. The van der Waals surface area contributed by atoms with E-state index in [2.05, 4.69) is 0 Å². The molecule has 0 amide bonds. The molecule has 0 aromatic heterocycles. The number of hydrogen-bond acceptors (Lipinski definition) is 2. The summed E-state index contributed by atoms with van der Waals surface area (Å²) in [5, 5.41) is 8.13. The lowest BCUT2D eigenvalue weighted by Gasteiger charge is -1.98. The fourth-order valence-electron chi connectivity index (χ4n) is 0.337. The van der Waals surface area contributed by atoms with E-state index < -0.39 is 0 Å². The van der Waals surface area contributed by atoms with E-state index in [0.29, 0.717) is 6.42 Å². The average Bonchev–Trinajstić information content (AvgIpc) is 1.61. The van der Waals surface area contributed by atoms with Gasteiger partial charge in [-0.15, -0.1) is 0 Å². The average molecular weight is 102 g/mol. The van der Waals surface area contributed by atoms with Crippen LogP contribution in [0.1, 0.15) is 19.8 Å². The lowest BCUT2D eigenvalue weighted by Crippen LogP contribution is -2.13. The Morgan fingerprint density at radius 1 is 1.86 bits per heavy atom. The van der Waals surface area contributed by atoms with Crippen LogP contribution in [0.15, 0.2) is 0 Å². The molecule has 0 saturated carbocycles. The molecule has 1 unspecified atom stereocenters. The van der Waals surface area contributed by atoms with Crippen LogP contribution in [0.3, 0.4) is 0 Å². The molecule has 0 spiro atoms. The van der Waals surface area contributed by atoms with Crippen molar-refractivity contribution in [2.45, 2.75) is 25.8 Å². The van der Waals surface area contributed by atoms with Gasteiger partial charge in [0.2, 0.25) is 0 Å². The van der Waals surface area contributed by atoms with Crippen molar-refractivity contribution in [3.63, 3.8) is 0 Å². The van der Waals surface area contributed by atoms with E-state index in [1.165, 1.54) is 0 Å². The monoisotopic (exact) mass is 102 g/mol. The first-order chi connectivity index (χ1) is 3.27. The second-order valence-corrected chi connectivity index (χ2v) is 1.74. The van der Waals surface area contributed by atoms with E-state index >= 15 is 0 Å². The van der Waals surface area contributed by atoms with Gasteiger partial charge in [-0.25, -0.2) is 0 Å². The fraction of sp³-hybridized carbons (Fsp3) is 0.800. The second kappa shape index (κ2) is 4.09. The van der Waals surface area contributed by atoms with Gasteiger partial charge in [0.05, 0.1) is 6.61 Å². The molecule has 1 atom stereocenters. The molecule has 0 aliphatic heterocycles. The maximum atomic E-state index is 8.13. The summed E-state index contributed by atoms with van der Waals surface area (Å²) in [6.45, 7) is 3.06. The Morgan fingerprint density at radius 3 is 2.57 bits per heavy atom. The smallest absolute Gasteiger partial charge is 0.0799 e. The van der Waals surface area contributed by atoms with Crippen molar-refractivity contribution in [3.8, 4) is 0 Å². The van der Waals surface area contributed by atoms with Gasteiger partial charge in [-0.2, -0.15) is 0 Å². The van der Waals surface area contributed by atoms with Gasteiger partial charge in [0.1, 0.15) is 0 Å². The van der Waals surface area contributed by atoms with E-state index in [4.69, 9.17) is 10.8 Å². The fourth-order valence-corrected chi connectivity index (χ4v) is 0.337. The molecule has 0 fully saturated rings. The molecule has 0 rings (SSSR count). The second-order valence-electron chi connectivity index (χ2n) is 1.74. The van der Waals surface area contributed by atoms with Crippen LogP contribution in [-0.4, -0.2) is 11.1 Å². The molecule has 0 aliphatic carbocycles. The van der Waals surface area contributed by atoms with Gasteiger partial charge >= 0.3 is 0 Å². The first-order valence-electron chi connectivity index (χ1n) is 2.49. The molecular weight excluding hydrogens is 90.1 g/mol. The van der Waals surface area contributed by atoms with Gasteiger partial charge in [0.25, 0.3) is 0 Å². The van der Waals surface area contributed by atoms with Crippen LogP contribution >= 0.6 is 0 Å². The molecule has 1 radical (unpaired) electrons. The SMILES string of the molecule is CC(N)CC[CH]O.